The van der Waals surface area contributed by atoms with Crippen molar-refractivity contribution in [2.75, 3.05) is 17.7 Å². The fourth-order valence-corrected chi connectivity index (χ4v) is 1.62. The smallest absolute Gasteiger partial charge is 0.145 e. The lowest BCUT2D eigenvalue weighted by atomic mass is 10.2. The van der Waals surface area contributed by atoms with E-state index in [2.05, 4.69) is 20.3 Å². The largest absolute Gasteiger partial charge is 0.394 e. The molecule has 0 aromatic carbocycles. The molecular formula is C13H17N5O. The molecule has 0 fully saturated rings. The van der Waals surface area contributed by atoms with Gasteiger partial charge in [-0.15, -0.1) is 0 Å². The molecule has 0 radical (unpaired) electrons. The van der Waals surface area contributed by atoms with Crippen molar-refractivity contribution in [2.24, 2.45) is 0 Å². The van der Waals surface area contributed by atoms with Crippen molar-refractivity contribution < 1.29 is 5.11 Å². The van der Waals surface area contributed by atoms with Crippen molar-refractivity contribution in [3.05, 3.63) is 30.7 Å². The maximum Gasteiger partial charge on any atom is 0.145 e. The number of nitrogens with two attached hydrogens (primary N) is 1. The molecule has 1 unspecified atom stereocenters. The normalized spacial score (nSPS) is 12.1. The summed E-state index contributed by atoms with van der Waals surface area (Å²) in [5, 5.41) is 12.3. The predicted molar refractivity (Wildman–Crippen MR) is 74.5 cm³/mol. The van der Waals surface area contributed by atoms with Gasteiger partial charge in [0.1, 0.15) is 11.6 Å². The minimum Gasteiger partial charge on any atom is -0.394 e. The molecule has 2 aromatic rings. The zero-order valence-corrected chi connectivity index (χ0v) is 10.7. The van der Waals surface area contributed by atoms with Crippen molar-refractivity contribution in [3.8, 4) is 11.3 Å². The Balaban J connectivity index is 2.21. The number of hydrogen-bond donors (Lipinski definition) is 3. The van der Waals surface area contributed by atoms with Crippen LogP contribution >= 0.6 is 0 Å². The van der Waals surface area contributed by atoms with Crippen LogP contribution in [0.3, 0.4) is 0 Å². The van der Waals surface area contributed by atoms with E-state index >= 15 is 0 Å². The summed E-state index contributed by atoms with van der Waals surface area (Å²) in [6, 6.07) is 3.55. The molecule has 2 heterocycles. The number of aliphatic hydroxyl groups is 1. The number of anilines is 2. The summed E-state index contributed by atoms with van der Waals surface area (Å²) >= 11 is 0. The van der Waals surface area contributed by atoms with Gasteiger partial charge in [-0.2, -0.15) is 0 Å². The zero-order chi connectivity index (χ0) is 13.7. The van der Waals surface area contributed by atoms with Gasteiger partial charge in [0, 0.05) is 11.8 Å². The van der Waals surface area contributed by atoms with E-state index in [0.717, 1.165) is 12.0 Å². The van der Waals surface area contributed by atoms with Gasteiger partial charge in [0.2, 0.25) is 0 Å². The van der Waals surface area contributed by atoms with Crippen LogP contribution in [-0.4, -0.2) is 32.7 Å². The molecule has 100 valence electrons. The number of hydrogen-bond acceptors (Lipinski definition) is 6. The maximum atomic E-state index is 9.17. The molecule has 0 aliphatic carbocycles. The Morgan fingerprint density at radius 2 is 2.16 bits per heavy atom. The lowest BCUT2D eigenvalue weighted by molar-refractivity contribution is 0.271. The number of rotatable bonds is 5. The number of nitrogens with one attached hydrogen (secondary N) is 1. The molecule has 4 N–H and O–H groups in total. The summed E-state index contributed by atoms with van der Waals surface area (Å²) in [5.41, 5.74) is 7.11. The van der Waals surface area contributed by atoms with Crippen LogP contribution in [0.2, 0.25) is 0 Å². The highest BCUT2D eigenvalue weighted by Crippen LogP contribution is 2.17. The molecule has 2 rings (SSSR count). The van der Waals surface area contributed by atoms with E-state index in [9.17, 15) is 0 Å². The molecule has 6 nitrogen and oxygen atoms in total. The zero-order valence-electron chi connectivity index (χ0n) is 10.7. The van der Waals surface area contributed by atoms with E-state index in [1.807, 2.05) is 13.0 Å². The van der Waals surface area contributed by atoms with Crippen LogP contribution in [0.1, 0.15) is 13.3 Å². The average Bonchev–Trinajstić information content (AvgIpc) is 2.46. The quantitative estimate of drug-likeness (QED) is 0.749. The van der Waals surface area contributed by atoms with Crippen molar-refractivity contribution >= 4 is 11.6 Å². The van der Waals surface area contributed by atoms with Gasteiger partial charge < -0.3 is 16.2 Å². The summed E-state index contributed by atoms with van der Waals surface area (Å²) in [6.07, 6.45) is 5.77. The van der Waals surface area contributed by atoms with Crippen molar-refractivity contribution in [1.29, 1.82) is 0 Å². The van der Waals surface area contributed by atoms with Crippen molar-refractivity contribution in [2.45, 2.75) is 19.4 Å². The molecule has 6 heteroatoms. The van der Waals surface area contributed by atoms with Gasteiger partial charge in [0.25, 0.3) is 0 Å². The van der Waals surface area contributed by atoms with E-state index in [0.29, 0.717) is 17.3 Å². The fraction of sp³-hybridized carbons (Fsp3) is 0.308. The molecule has 0 saturated carbocycles. The van der Waals surface area contributed by atoms with Crippen LogP contribution < -0.4 is 11.1 Å². The van der Waals surface area contributed by atoms with Crippen LogP contribution in [0.25, 0.3) is 11.3 Å². The Bertz CT molecular complexity index is 525. The summed E-state index contributed by atoms with van der Waals surface area (Å²) in [5.74, 6) is 1.10. The third kappa shape index (κ3) is 3.38. The Kier molecular flexibility index (Phi) is 4.25. The lowest BCUT2D eigenvalue weighted by Gasteiger charge is -2.14. The molecule has 0 spiro atoms. The second-order valence-corrected chi connectivity index (χ2v) is 4.19. The number of aromatic nitrogens is 3. The molecule has 1 atom stereocenters. The monoisotopic (exact) mass is 259 g/mol. The first kappa shape index (κ1) is 13.2. The molecule has 0 aliphatic heterocycles. The second-order valence-electron chi connectivity index (χ2n) is 4.19. The number of nitrogen functional groups attached to an aromatic ring is 1. The first-order chi connectivity index (χ1) is 9.22. The van der Waals surface area contributed by atoms with Gasteiger partial charge in [0.05, 0.1) is 30.7 Å². The van der Waals surface area contributed by atoms with Crippen LogP contribution in [0.4, 0.5) is 11.6 Å². The topological polar surface area (TPSA) is 97.0 Å². The van der Waals surface area contributed by atoms with E-state index in [1.165, 1.54) is 0 Å². The highest BCUT2D eigenvalue weighted by atomic mass is 16.3. The maximum absolute atomic E-state index is 9.17. The van der Waals surface area contributed by atoms with E-state index < -0.39 is 0 Å². The Labute approximate surface area is 111 Å². The van der Waals surface area contributed by atoms with Crippen LogP contribution in [0.15, 0.2) is 30.7 Å². The van der Waals surface area contributed by atoms with Gasteiger partial charge in [-0.1, -0.05) is 6.92 Å². The van der Waals surface area contributed by atoms with Gasteiger partial charge >= 0.3 is 0 Å². The van der Waals surface area contributed by atoms with E-state index in [4.69, 9.17) is 10.8 Å². The molecular weight excluding hydrogens is 242 g/mol. The van der Waals surface area contributed by atoms with Gasteiger partial charge in [0.15, 0.2) is 0 Å². The van der Waals surface area contributed by atoms with E-state index in [1.54, 1.807) is 24.7 Å². The van der Waals surface area contributed by atoms with Gasteiger partial charge in [-0.3, -0.25) is 4.98 Å². The number of aliphatic hydroxyl groups excluding tert-OH is 1. The minimum absolute atomic E-state index is 0.0194. The predicted octanol–water partition coefficient (Wildman–Crippen LogP) is 1.30. The van der Waals surface area contributed by atoms with Crippen LogP contribution in [0.5, 0.6) is 0 Å². The SMILES string of the molecule is CCC(CO)Nc1cncc(-c2ccc(N)nc2)n1. The molecule has 0 aliphatic rings. The molecule has 0 bridgehead atoms. The number of pyridine rings is 1. The summed E-state index contributed by atoms with van der Waals surface area (Å²) in [4.78, 5) is 12.6. The van der Waals surface area contributed by atoms with Crippen LogP contribution in [-0.2, 0) is 0 Å². The summed E-state index contributed by atoms with van der Waals surface area (Å²) in [6.45, 7) is 2.06. The Morgan fingerprint density at radius 1 is 1.32 bits per heavy atom. The highest BCUT2D eigenvalue weighted by molar-refractivity contribution is 5.60. The van der Waals surface area contributed by atoms with Crippen molar-refractivity contribution in [1.82, 2.24) is 15.0 Å². The van der Waals surface area contributed by atoms with Gasteiger partial charge in [-0.25, -0.2) is 9.97 Å². The molecule has 19 heavy (non-hydrogen) atoms. The molecule has 0 amide bonds. The first-order valence-corrected chi connectivity index (χ1v) is 6.14. The summed E-state index contributed by atoms with van der Waals surface area (Å²) < 4.78 is 0. The second kappa shape index (κ2) is 6.10. The van der Waals surface area contributed by atoms with E-state index in [-0.39, 0.29) is 12.6 Å². The highest BCUT2D eigenvalue weighted by Gasteiger charge is 2.07. The Morgan fingerprint density at radius 3 is 2.79 bits per heavy atom. The standard InChI is InChI=1S/C13H17N5O/c1-2-10(8-19)17-13-7-15-6-11(18-13)9-3-4-12(14)16-5-9/h3-7,10,19H,2,8H2,1H3,(H2,14,16)(H,17,18). The lowest BCUT2D eigenvalue weighted by Crippen LogP contribution is -2.23. The van der Waals surface area contributed by atoms with Crippen molar-refractivity contribution in [3.63, 3.8) is 0 Å². The first-order valence-electron chi connectivity index (χ1n) is 6.14. The third-order valence-corrected chi connectivity index (χ3v) is 2.78. The number of nitrogens with zero attached hydrogens (tertiary/aromatic N) is 3. The third-order valence-electron chi connectivity index (χ3n) is 2.78. The Hall–Kier alpha value is -2.21. The van der Waals surface area contributed by atoms with Crippen LogP contribution in [0, 0.1) is 0 Å². The van der Waals surface area contributed by atoms with Gasteiger partial charge in [-0.05, 0) is 18.6 Å². The molecule has 2 aromatic heterocycles. The molecule has 0 saturated heterocycles. The summed E-state index contributed by atoms with van der Waals surface area (Å²) in [7, 11) is 0. The minimum atomic E-state index is -0.0194. The fourth-order valence-electron chi connectivity index (χ4n) is 1.62. The average molecular weight is 259 g/mol.